The molecule has 8 nitrogen and oxygen atoms in total. The molecular formula is C13H14ClN5O3. The third kappa shape index (κ3) is 4.45. The number of methoxy groups -OCH3 is 1. The molecule has 0 saturated heterocycles. The van der Waals surface area contributed by atoms with Gasteiger partial charge in [0.25, 0.3) is 0 Å². The Bertz CT molecular complexity index is 673. The van der Waals surface area contributed by atoms with Crippen LogP contribution in [0.15, 0.2) is 30.5 Å². The van der Waals surface area contributed by atoms with E-state index in [1.54, 1.807) is 6.07 Å². The Labute approximate surface area is 131 Å². The van der Waals surface area contributed by atoms with Crippen LogP contribution in [0.4, 0.5) is 10.6 Å². The summed E-state index contributed by atoms with van der Waals surface area (Å²) in [6.45, 7) is 0.292. The second kappa shape index (κ2) is 7.41. The summed E-state index contributed by atoms with van der Waals surface area (Å²) >= 11 is 6.00. The molecule has 0 spiro atoms. The lowest BCUT2D eigenvalue weighted by Crippen LogP contribution is -2.27. The van der Waals surface area contributed by atoms with Crippen molar-refractivity contribution in [2.75, 3.05) is 12.4 Å². The molecule has 22 heavy (non-hydrogen) atoms. The summed E-state index contributed by atoms with van der Waals surface area (Å²) in [5.74, 6) is -0.0554. The fourth-order valence-electron chi connectivity index (χ4n) is 1.63. The van der Waals surface area contributed by atoms with Crippen LogP contribution in [0.2, 0.25) is 5.02 Å². The Morgan fingerprint density at radius 2 is 2.14 bits per heavy atom. The van der Waals surface area contributed by atoms with Crippen LogP contribution in [0.25, 0.3) is 0 Å². The van der Waals surface area contributed by atoms with Crippen molar-refractivity contribution in [3.8, 4) is 0 Å². The van der Waals surface area contributed by atoms with Crippen molar-refractivity contribution in [3.63, 3.8) is 0 Å². The van der Waals surface area contributed by atoms with E-state index in [2.05, 4.69) is 25.7 Å². The van der Waals surface area contributed by atoms with Crippen molar-refractivity contribution < 1.29 is 14.3 Å². The van der Waals surface area contributed by atoms with Crippen molar-refractivity contribution in [1.29, 1.82) is 0 Å². The summed E-state index contributed by atoms with van der Waals surface area (Å²) in [7, 11) is 1.24. The van der Waals surface area contributed by atoms with E-state index in [9.17, 15) is 9.59 Å². The minimum Gasteiger partial charge on any atom is -0.453 e. The highest BCUT2D eigenvalue weighted by atomic mass is 35.5. The van der Waals surface area contributed by atoms with Crippen molar-refractivity contribution >= 4 is 29.4 Å². The molecule has 0 radical (unpaired) electrons. The normalized spacial score (nSPS) is 10.1. The third-order valence-electron chi connectivity index (χ3n) is 2.69. The Kier molecular flexibility index (Phi) is 5.31. The molecule has 0 aliphatic heterocycles. The van der Waals surface area contributed by atoms with E-state index in [1.165, 1.54) is 18.0 Å². The summed E-state index contributed by atoms with van der Waals surface area (Å²) in [4.78, 5) is 22.8. The van der Waals surface area contributed by atoms with Gasteiger partial charge in [-0.05, 0) is 11.6 Å². The molecule has 0 unspecified atom stereocenters. The molecule has 0 aliphatic rings. The maximum atomic E-state index is 11.8. The van der Waals surface area contributed by atoms with Crippen LogP contribution < -0.4 is 10.6 Å². The van der Waals surface area contributed by atoms with Crippen LogP contribution in [-0.4, -0.2) is 34.1 Å². The van der Waals surface area contributed by atoms with Gasteiger partial charge in [0.1, 0.15) is 6.54 Å². The van der Waals surface area contributed by atoms with E-state index in [-0.39, 0.29) is 18.3 Å². The number of halogens is 1. The van der Waals surface area contributed by atoms with Gasteiger partial charge in [0.15, 0.2) is 5.82 Å². The Balaban J connectivity index is 1.85. The molecule has 2 rings (SSSR count). The van der Waals surface area contributed by atoms with Crippen LogP contribution in [0.3, 0.4) is 0 Å². The standard InChI is InChI=1S/C13H14ClN5O3/c1-22-13(21)16-11-7-19(18-17-11)8-12(20)15-6-9-4-2-3-5-10(9)14/h2-5,7H,6,8H2,1H3,(H,15,20)(H,16,21). The van der Waals surface area contributed by atoms with Crippen LogP contribution in [0, 0.1) is 0 Å². The summed E-state index contributed by atoms with van der Waals surface area (Å²) in [6, 6.07) is 7.25. The first-order valence-corrected chi connectivity index (χ1v) is 6.71. The molecule has 1 aromatic carbocycles. The number of hydrogen-bond donors (Lipinski definition) is 2. The highest BCUT2D eigenvalue weighted by Crippen LogP contribution is 2.14. The van der Waals surface area contributed by atoms with Gasteiger partial charge >= 0.3 is 6.09 Å². The molecule has 2 aromatic rings. The predicted octanol–water partition coefficient (Wildman–Crippen LogP) is 1.43. The topological polar surface area (TPSA) is 98.1 Å². The SMILES string of the molecule is COC(=O)Nc1cn(CC(=O)NCc2ccccc2Cl)nn1. The minimum absolute atomic E-state index is 0.0275. The van der Waals surface area contributed by atoms with Gasteiger partial charge < -0.3 is 10.1 Å². The maximum Gasteiger partial charge on any atom is 0.412 e. The number of carbonyl (C=O) groups is 2. The molecular weight excluding hydrogens is 310 g/mol. The Hall–Kier alpha value is -2.61. The second-order valence-electron chi connectivity index (χ2n) is 4.29. The van der Waals surface area contributed by atoms with Gasteiger partial charge in [-0.25, -0.2) is 9.48 Å². The fraction of sp³-hybridized carbons (Fsp3) is 0.231. The van der Waals surface area contributed by atoms with E-state index in [1.807, 2.05) is 18.2 Å². The van der Waals surface area contributed by atoms with E-state index in [0.29, 0.717) is 11.6 Å². The number of ether oxygens (including phenoxy) is 1. The quantitative estimate of drug-likeness (QED) is 0.867. The lowest BCUT2D eigenvalue weighted by atomic mass is 10.2. The smallest absolute Gasteiger partial charge is 0.412 e. The Morgan fingerprint density at radius 1 is 1.36 bits per heavy atom. The molecule has 1 heterocycles. The molecule has 0 bridgehead atoms. The number of anilines is 1. The van der Waals surface area contributed by atoms with Crippen LogP contribution >= 0.6 is 11.6 Å². The maximum absolute atomic E-state index is 11.8. The molecule has 1 aromatic heterocycles. The number of benzene rings is 1. The predicted molar refractivity (Wildman–Crippen MR) is 79.3 cm³/mol. The van der Waals surface area contributed by atoms with Gasteiger partial charge in [-0.1, -0.05) is 35.0 Å². The van der Waals surface area contributed by atoms with E-state index in [4.69, 9.17) is 11.6 Å². The second-order valence-corrected chi connectivity index (χ2v) is 4.69. The highest BCUT2D eigenvalue weighted by Gasteiger charge is 2.09. The molecule has 0 saturated carbocycles. The largest absolute Gasteiger partial charge is 0.453 e. The van der Waals surface area contributed by atoms with E-state index in [0.717, 1.165) is 5.56 Å². The molecule has 9 heteroatoms. The average molecular weight is 324 g/mol. The number of carbonyl (C=O) groups excluding carboxylic acids is 2. The molecule has 0 fully saturated rings. The average Bonchev–Trinajstić information content (AvgIpc) is 2.93. The molecule has 2 amide bonds. The highest BCUT2D eigenvalue weighted by molar-refractivity contribution is 6.31. The minimum atomic E-state index is -0.657. The van der Waals surface area contributed by atoms with Gasteiger partial charge in [0.2, 0.25) is 5.91 Å². The lowest BCUT2D eigenvalue weighted by molar-refractivity contribution is -0.122. The first kappa shape index (κ1) is 15.8. The van der Waals surface area contributed by atoms with Crippen LogP contribution in [0.5, 0.6) is 0 Å². The first-order valence-electron chi connectivity index (χ1n) is 6.33. The van der Waals surface area contributed by atoms with Crippen LogP contribution in [-0.2, 0) is 22.6 Å². The number of nitrogens with zero attached hydrogens (tertiary/aromatic N) is 3. The van der Waals surface area contributed by atoms with Crippen LogP contribution in [0.1, 0.15) is 5.56 Å². The summed E-state index contributed by atoms with van der Waals surface area (Å²) in [5.41, 5.74) is 0.823. The monoisotopic (exact) mass is 323 g/mol. The molecule has 0 atom stereocenters. The first-order chi connectivity index (χ1) is 10.6. The summed E-state index contributed by atoms with van der Waals surface area (Å²) < 4.78 is 5.72. The summed E-state index contributed by atoms with van der Waals surface area (Å²) in [6.07, 6.45) is 0.765. The van der Waals surface area contributed by atoms with Gasteiger partial charge in [-0.15, -0.1) is 5.10 Å². The van der Waals surface area contributed by atoms with Crippen molar-refractivity contribution in [2.24, 2.45) is 0 Å². The number of amides is 2. The summed E-state index contributed by atoms with van der Waals surface area (Å²) in [5, 5.41) is 13.1. The molecule has 0 aliphatic carbocycles. The van der Waals surface area contributed by atoms with Gasteiger partial charge in [-0.2, -0.15) is 0 Å². The molecule has 116 valence electrons. The number of hydrogen-bond acceptors (Lipinski definition) is 5. The zero-order valence-electron chi connectivity index (χ0n) is 11.7. The zero-order valence-corrected chi connectivity index (χ0v) is 12.5. The number of nitrogens with one attached hydrogen (secondary N) is 2. The van der Waals surface area contributed by atoms with Crippen molar-refractivity contribution in [2.45, 2.75) is 13.1 Å². The van der Waals surface area contributed by atoms with E-state index >= 15 is 0 Å². The van der Waals surface area contributed by atoms with Crippen molar-refractivity contribution in [1.82, 2.24) is 20.3 Å². The Morgan fingerprint density at radius 3 is 2.86 bits per heavy atom. The number of aromatic nitrogens is 3. The fourth-order valence-corrected chi connectivity index (χ4v) is 1.83. The van der Waals surface area contributed by atoms with Crippen molar-refractivity contribution in [3.05, 3.63) is 41.0 Å². The number of rotatable bonds is 5. The third-order valence-corrected chi connectivity index (χ3v) is 3.06. The molecule has 2 N–H and O–H groups in total. The van der Waals surface area contributed by atoms with Gasteiger partial charge in [0, 0.05) is 11.6 Å². The van der Waals surface area contributed by atoms with Gasteiger partial charge in [-0.3, -0.25) is 10.1 Å². The van der Waals surface area contributed by atoms with Gasteiger partial charge in [0.05, 0.1) is 13.3 Å². The lowest BCUT2D eigenvalue weighted by Gasteiger charge is -2.06. The van der Waals surface area contributed by atoms with E-state index < -0.39 is 6.09 Å². The zero-order chi connectivity index (χ0) is 15.9.